The Balaban J connectivity index is 2.64. The van der Waals surface area contributed by atoms with Gasteiger partial charge < -0.3 is 10.2 Å². The van der Waals surface area contributed by atoms with Crippen LogP contribution in [0.1, 0.15) is 46.6 Å². The fourth-order valence-electron chi connectivity index (χ4n) is 2.57. The van der Waals surface area contributed by atoms with Crippen molar-refractivity contribution in [2.24, 2.45) is 5.92 Å². The van der Waals surface area contributed by atoms with Gasteiger partial charge in [-0.1, -0.05) is 45.9 Å². The van der Waals surface area contributed by atoms with Crippen molar-refractivity contribution in [3.63, 3.8) is 0 Å². The van der Waals surface area contributed by atoms with E-state index in [1.807, 2.05) is 26.8 Å². The standard InChI is InChI=1S/C18H29FN2O/c1-13(2)11-14(3)21(6)17(22)20-12-18(4,5)15-9-7-8-10-16(15)19/h7-10,13-14H,11-12H2,1-6H3,(H,20,22). The van der Waals surface area contributed by atoms with E-state index in [0.717, 1.165) is 6.42 Å². The average molecular weight is 308 g/mol. The minimum absolute atomic E-state index is 0.113. The van der Waals surface area contributed by atoms with Gasteiger partial charge in [0.2, 0.25) is 0 Å². The minimum Gasteiger partial charge on any atom is -0.337 e. The molecule has 1 rings (SSSR count). The summed E-state index contributed by atoms with van der Waals surface area (Å²) in [5.41, 5.74) is 0.163. The second kappa shape index (κ2) is 7.61. The van der Waals surface area contributed by atoms with E-state index in [4.69, 9.17) is 0 Å². The number of nitrogens with one attached hydrogen (secondary N) is 1. The summed E-state index contributed by atoms with van der Waals surface area (Å²) in [7, 11) is 1.80. The van der Waals surface area contributed by atoms with Crippen LogP contribution in [0.25, 0.3) is 0 Å². The molecule has 0 heterocycles. The number of amides is 2. The first-order chi connectivity index (χ1) is 10.1. The Bertz CT molecular complexity index is 500. The number of hydrogen-bond donors (Lipinski definition) is 1. The molecule has 1 atom stereocenters. The van der Waals surface area contributed by atoms with Gasteiger partial charge in [0.05, 0.1) is 0 Å². The molecular weight excluding hydrogens is 279 g/mol. The van der Waals surface area contributed by atoms with Crippen molar-refractivity contribution in [3.8, 4) is 0 Å². The Kier molecular flexibility index (Phi) is 6.39. The first-order valence-corrected chi connectivity index (χ1v) is 7.91. The molecule has 0 saturated carbocycles. The summed E-state index contributed by atoms with van der Waals surface area (Å²) in [6.07, 6.45) is 0.959. The predicted octanol–water partition coefficient (Wildman–Crippen LogP) is 4.18. The number of carbonyl (C=O) groups excluding carboxylic acids is 1. The van der Waals surface area contributed by atoms with Crippen LogP contribution >= 0.6 is 0 Å². The predicted molar refractivity (Wildman–Crippen MR) is 89.5 cm³/mol. The SMILES string of the molecule is CC(C)CC(C)N(C)C(=O)NCC(C)(C)c1ccccc1F. The minimum atomic E-state index is -0.455. The highest BCUT2D eigenvalue weighted by atomic mass is 19.1. The molecule has 0 fully saturated rings. The van der Waals surface area contributed by atoms with Gasteiger partial charge in [0.25, 0.3) is 0 Å². The first kappa shape index (κ1) is 18.5. The van der Waals surface area contributed by atoms with E-state index in [0.29, 0.717) is 18.0 Å². The number of hydrogen-bond acceptors (Lipinski definition) is 1. The average Bonchev–Trinajstić information content (AvgIpc) is 2.43. The molecule has 0 aliphatic carbocycles. The lowest BCUT2D eigenvalue weighted by Gasteiger charge is -2.30. The third kappa shape index (κ3) is 5.00. The molecule has 22 heavy (non-hydrogen) atoms. The zero-order valence-corrected chi connectivity index (χ0v) is 14.6. The molecule has 1 N–H and O–H groups in total. The van der Waals surface area contributed by atoms with Gasteiger partial charge in [-0.15, -0.1) is 0 Å². The highest BCUT2D eigenvalue weighted by molar-refractivity contribution is 5.74. The summed E-state index contributed by atoms with van der Waals surface area (Å²) in [4.78, 5) is 14.0. The molecule has 1 aromatic carbocycles. The van der Waals surface area contributed by atoms with Gasteiger partial charge >= 0.3 is 6.03 Å². The van der Waals surface area contributed by atoms with E-state index in [2.05, 4.69) is 19.2 Å². The van der Waals surface area contributed by atoms with E-state index in [1.165, 1.54) is 6.07 Å². The molecule has 0 saturated heterocycles. The van der Waals surface area contributed by atoms with Crippen LogP contribution in [-0.4, -0.2) is 30.6 Å². The molecule has 0 aliphatic rings. The third-order valence-electron chi connectivity index (χ3n) is 4.08. The van der Waals surface area contributed by atoms with Crippen LogP contribution in [-0.2, 0) is 5.41 Å². The molecule has 0 aromatic heterocycles. The van der Waals surface area contributed by atoms with Crippen molar-refractivity contribution < 1.29 is 9.18 Å². The first-order valence-electron chi connectivity index (χ1n) is 7.91. The smallest absolute Gasteiger partial charge is 0.317 e. The normalized spacial score (nSPS) is 13.1. The molecule has 4 heteroatoms. The molecular formula is C18H29FN2O. The van der Waals surface area contributed by atoms with Gasteiger partial charge in [-0.3, -0.25) is 0 Å². The van der Waals surface area contributed by atoms with Crippen LogP contribution in [0.4, 0.5) is 9.18 Å². The van der Waals surface area contributed by atoms with E-state index >= 15 is 0 Å². The van der Waals surface area contributed by atoms with Gasteiger partial charge in [-0.25, -0.2) is 9.18 Å². The monoisotopic (exact) mass is 308 g/mol. The van der Waals surface area contributed by atoms with E-state index in [-0.39, 0.29) is 17.9 Å². The lowest BCUT2D eigenvalue weighted by molar-refractivity contribution is 0.184. The summed E-state index contributed by atoms with van der Waals surface area (Å²) < 4.78 is 13.9. The maximum Gasteiger partial charge on any atom is 0.317 e. The van der Waals surface area contributed by atoms with E-state index in [1.54, 1.807) is 24.1 Å². The van der Waals surface area contributed by atoms with Crippen molar-refractivity contribution in [2.45, 2.75) is 52.5 Å². The second-order valence-corrected chi connectivity index (χ2v) is 7.11. The quantitative estimate of drug-likeness (QED) is 0.840. The van der Waals surface area contributed by atoms with Crippen LogP contribution in [0.3, 0.4) is 0 Å². The highest BCUT2D eigenvalue weighted by Gasteiger charge is 2.26. The number of carbonyl (C=O) groups is 1. The summed E-state index contributed by atoms with van der Waals surface area (Å²) in [6.45, 7) is 10.6. The van der Waals surface area contributed by atoms with Gasteiger partial charge in [0.15, 0.2) is 0 Å². The van der Waals surface area contributed by atoms with Crippen LogP contribution in [0, 0.1) is 11.7 Å². The Labute approximate surface area is 133 Å². The second-order valence-electron chi connectivity index (χ2n) is 7.11. The molecule has 0 bridgehead atoms. The van der Waals surface area contributed by atoms with Crippen LogP contribution in [0.15, 0.2) is 24.3 Å². The van der Waals surface area contributed by atoms with Crippen LogP contribution in [0.2, 0.25) is 0 Å². The van der Waals surface area contributed by atoms with Gasteiger partial charge in [0, 0.05) is 25.0 Å². The lowest BCUT2D eigenvalue weighted by atomic mass is 9.84. The van der Waals surface area contributed by atoms with E-state index in [9.17, 15) is 9.18 Å². The molecule has 124 valence electrons. The molecule has 0 aliphatic heterocycles. The van der Waals surface area contributed by atoms with Gasteiger partial charge in [0.1, 0.15) is 5.82 Å². The number of rotatable bonds is 6. The number of nitrogens with zero attached hydrogens (tertiary/aromatic N) is 1. The lowest BCUT2D eigenvalue weighted by Crippen LogP contribution is -2.46. The maximum atomic E-state index is 13.9. The molecule has 3 nitrogen and oxygen atoms in total. The molecule has 1 aromatic rings. The van der Waals surface area contributed by atoms with E-state index < -0.39 is 5.41 Å². The fraction of sp³-hybridized carbons (Fsp3) is 0.611. The summed E-state index contributed by atoms with van der Waals surface area (Å²) in [6, 6.07) is 6.78. The Morgan fingerprint density at radius 3 is 2.41 bits per heavy atom. The third-order valence-corrected chi connectivity index (χ3v) is 4.08. The van der Waals surface area contributed by atoms with Crippen LogP contribution in [0.5, 0.6) is 0 Å². The van der Waals surface area contributed by atoms with Crippen molar-refractivity contribution >= 4 is 6.03 Å². The number of halogens is 1. The van der Waals surface area contributed by atoms with Gasteiger partial charge in [-0.05, 0) is 30.9 Å². The molecule has 1 unspecified atom stereocenters. The zero-order valence-electron chi connectivity index (χ0n) is 14.6. The van der Waals surface area contributed by atoms with Gasteiger partial charge in [-0.2, -0.15) is 0 Å². The largest absolute Gasteiger partial charge is 0.337 e. The summed E-state index contributed by atoms with van der Waals surface area (Å²) in [5, 5.41) is 2.92. The number of urea groups is 1. The Hall–Kier alpha value is -1.58. The zero-order chi connectivity index (χ0) is 16.9. The molecule has 0 radical (unpaired) electrons. The molecule has 2 amide bonds. The summed E-state index contributed by atoms with van der Waals surface area (Å²) >= 11 is 0. The summed E-state index contributed by atoms with van der Waals surface area (Å²) in [5.74, 6) is 0.309. The van der Waals surface area contributed by atoms with Crippen molar-refractivity contribution in [1.29, 1.82) is 0 Å². The Morgan fingerprint density at radius 1 is 1.27 bits per heavy atom. The van der Waals surface area contributed by atoms with Crippen molar-refractivity contribution in [2.75, 3.05) is 13.6 Å². The van der Waals surface area contributed by atoms with Crippen molar-refractivity contribution in [1.82, 2.24) is 10.2 Å². The molecule has 0 spiro atoms. The Morgan fingerprint density at radius 2 is 1.86 bits per heavy atom. The van der Waals surface area contributed by atoms with Crippen LogP contribution < -0.4 is 5.32 Å². The maximum absolute atomic E-state index is 13.9. The topological polar surface area (TPSA) is 32.3 Å². The number of benzene rings is 1. The fourth-order valence-corrected chi connectivity index (χ4v) is 2.57. The highest BCUT2D eigenvalue weighted by Crippen LogP contribution is 2.24. The van der Waals surface area contributed by atoms with Crippen molar-refractivity contribution in [3.05, 3.63) is 35.6 Å².